The number of nitrogens with zero attached hydrogens (tertiary/aromatic N) is 3. The van der Waals surface area contributed by atoms with Crippen molar-refractivity contribution in [2.75, 3.05) is 19.6 Å². The van der Waals surface area contributed by atoms with Crippen molar-refractivity contribution in [3.8, 4) is 0 Å². The highest BCUT2D eigenvalue weighted by Gasteiger charge is 2.50. The monoisotopic (exact) mass is 368 g/mol. The van der Waals surface area contributed by atoms with E-state index in [1.165, 1.54) is 0 Å². The van der Waals surface area contributed by atoms with Gasteiger partial charge in [0.15, 0.2) is 0 Å². The van der Waals surface area contributed by atoms with E-state index in [9.17, 15) is 14.7 Å². The molecule has 3 heterocycles. The molecular formula is C20H24N4O3. The maximum absolute atomic E-state index is 13.0. The van der Waals surface area contributed by atoms with E-state index in [0.29, 0.717) is 38.0 Å². The lowest BCUT2D eigenvalue weighted by Gasteiger charge is -2.46. The lowest BCUT2D eigenvalue weighted by atomic mass is 9.71. The van der Waals surface area contributed by atoms with Crippen molar-refractivity contribution < 1.29 is 14.7 Å². The van der Waals surface area contributed by atoms with E-state index in [2.05, 4.69) is 10.4 Å². The molecule has 2 aliphatic rings. The predicted octanol–water partition coefficient (Wildman–Crippen LogP) is 1.03. The van der Waals surface area contributed by atoms with Gasteiger partial charge >= 0.3 is 0 Å². The molecule has 2 saturated heterocycles. The van der Waals surface area contributed by atoms with Gasteiger partial charge in [-0.05, 0) is 24.8 Å². The van der Waals surface area contributed by atoms with Crippen molar-refractivity contribution >= 4 is 11.8 Å². The minimum Gasteiger partial charge on any atom is -0.392 e. The number of likely N-dealkylation sites (tertiary alicyclic amines) is 1. The Morgan fingerprint density at radius 3 is 2.93 bits per heavy atom. The normalized spacial score (nSPS) is 25.4. The van der Waals surface area contributed by atoms with Crippen LogP contribution >= 0.6 is 0 Å². The first-order chi connectivity index (χ1) is 13.1. The molecule has 142 valence electrons. The summed E-state index contributed by atoms with van der Waals surface area (Å²) in [5, 5.41) is 17.6. The molecular weight excluding hydrogens is 344 g/mol. The van der Waals surface area contributed by atoms with Gasteiger partial charge in [0.1, 0.15) is 0 Å². The van der Waals surface area contributed by atoms with E-state index in [4.69, 9.17) is 0 Å². The van der Waals surface area contributed by atoms with E-state index in [0.717, 1.165) is 12.0 Å². The number of benzene rings is 1. The number of carbonyl (C=O) groups excluding carboxylic acids is 2. The smallest absolute Gasteiger partial charge is 0.257 e. The Labute approximate surface area is 158 Å². The number of carbonyl (C=O) groups is 2. The summed E-state index contributed by atoms with van der Waals surface area (Å²) in [6.45, 7) is 1.92. The fourth-order valence-corrected chi connectivity index (χ4v) is 4.13. The molecule has 0 radical (unpaired) electrons. The number of piperidine rings is 2. The van der Waals surface area contributed by atoms with Crippen LogP contribution in [-0.4, -0.2) is 57.3 Å². The molecule has 0 saturated carbocycles. The van der Waals surface area contributed by atoms with Crippen molar-refractivity contribution in [1.82, 2.24) is 20.0 Å². The van der Waals surface area contributed by atoms with Crippen LogP contribution in [0.4, 0.5) is 0 Å². The second-order valence-electron chi connectivity index (χ2n) is 7.46. The molecule has 1 aromatic heterocycles. The number of amides is 2. The van der Waals surface area contributed by atoms with Crippen LogP contribution in [0.3, 0.4) is 0 Å². The lowest BCUT2D eigenvalue weighted by Crippen LogP contribution is -2.62. The quantitative estimate of drug-likeness (QED) is 0.847. The van der Waals surface area contributed by atoms with Crippen molar-refractivity contribution in [1.29, 1.82) is 0 Å². The molecule has 2 amide bonds. The molecule has 7 heteroatoms. The van der Waals surface area contributed by atoms with Gasteiger partial charge in [-0.15, -0.1) is 0 Å². The average molecular weight is 368 g/mol. The Balaban J connectivity index is 1.49. The standard InChI is InChI=1S/C20H24N4O3/c25-17-7-10-23(14-20(17)8-4-9-21-19(20)27)18(26)16-11-22-24(13-16)12-15-5-2-1-3-6-15/h1-3,5-6,11,13,17,25H,4,7-10,12,14H2,(H,21,27)/t17-,20-/m1/s1. The fraction of sp³-hybridized carbons (Fsp3) is 0.450. The molecule has 27 heavy (non-hydrogen) atoms. The largest absolute Gasteiger partial charge is 0.392 e. The number of aromatic nitrogens is 2. The summed E-state index contributed by atoms with van der Waals surface area (Å²) in [5.41, 5.74) is 0.735. The Morgan fingerprint density at radius 2 is 2.15 bits per heavy atom. The Morgan fingerprint density at radius 1 is 1.33 bits per heavy atom. The van der Waals surface area contributed by atoms with Crippen molar-refractivity contribution in [3.05, 3.63) is 53.9 Å². The number of aliphatic hydroxyl groups is 1. The van der Waals surface area contributed by atoms with Gasteiger partial charge in [0.25, 0.3) is 5.91 Å². The zero-order chi connectivity index (χ0) is 18.9. The summed E-state index contributed by atoms with van der Waals surface area (Å²) in [4.78, 5) is 27.1. The molecule has 7 nitrogen and oxygen atoms in total. The average Bonchev–Trinajstić information content (AvgIpc) is 3.15. The van der Waals surface area contributed by atoms with Crippen LogP contribution in [0, 0.1) is 5.41 Å². The highest BCUT2D eigenvalue weighted by atomic mass is 16.3. The molecule has 0 bridgehead atoms. The second kappa shape index (κ2) is 7.15. The van der Waals surface area contributed by atoms with Crippen molar-refractivity contribution in [2.24, 2.45) is 5.41 Å². The predicted molar refractivity (Wildman–Crippen MR) is 99.0 cm³/mol. The molecule has 2 N–H and O–H groups in total. The van der Waals surface area contributed by atoms with Gasteiger partial charge < -0.3 is 15.3 Å². The molecule has 2 aliphatic heterocycles. The van der Waals surface area contributed by atoms with E-state index in [-0.39, 0.29) is 18.4 Å². The first-order valence-corrected chi connectivity index (χ1v) is 9.40. The molecule has 0 unspecified atom stereocenters. The van der Waals surface area contributed by atoms with Crippen LogP contribution in [0.15, 0.2) is 42.7 Å². The summed E-state index contributed by atoms with van der Waals surface area (Å²) >= 11 is 0. The lowest BCUT2D eigenvalue weighted by molar-refractivity contribution is -0.147. The van der Waals surface area contributed by atoms with Gasteiger partial charge in [0.05, 0.1) is 29.8 Å². The van der Waals surface area contributed by atoms with Gasteiger partial charge in [-0.1, -0.05) is 30.3 Å². The van der Waals surface area contributed by atoms with Gasteiger partial charge in [-0.2, -0.15) is 5.10 Å². The minimum absolute atomic E-state index is 0.140. The van der Waals surface area contributed by atoms with Gasteiger partial charge in [0, 0.05) is 25.8 Å². The van der Waals surface area contributed by atoms with Gasteiger partial charge in [-0.3, -0.25) is 14.3 Å². The third kappa shape index (κ3) is 3.35. The number of rotatable bonds is 3. The molecule has 1 aromatic carbocycles. The van der Waals surface area contributed by atoms with Crippen LogP contribution < -0.4 is 5.32 Å². The molecule has 2 atom stereocenters. The SMILES string of the molecule is O=C(c1cnn(Cc2ccccc2)c1)N1CC[C@@H](O)[C@@]2(CCCNC2=O)C1. The first-order valence-electron chi connectivity index (χ1n) is 9.40. The summed E-state index contributed by atoms with van der Waals surface area (Å²) in [6, 6.07) is 9.93. The third-order valence-corrected chi connectivity index (χ3v) is 5.68. The summed E-state index contributed by atoms with van der Waals surface area (Å²) < 4.78 is 1.74. The first kappa shape index (κ1) is 17.7. The van der Waals surface area contributed by atoms with Crippen molar-refractivity contribution in [2.45, 2.75) is 31.9 Å². The van der Waals surface area contributed by atoms with Crippen LogP contribution in [0.2, 0.25) is 0 Å². The fourth-order valence-electron chi connectivity index (χ4n) is 4.13. The highest BCUT2D eigenvalue weighted by Crippen LogP contribution is 2.37. The van der Waals surface area contributed by atoms with Gasteiger partial charge in [0.2, 0.25) is 5.91 Å². The minimum atomic E-state index is -0.883. The van der Waals surface area contributed by atoms with E-state index in [1.807, 2.05) is 30.3 Å². The third-order valence-electron chi connectivity index (χ3n) is 5.68. The molecule has 2 fully saturated rings. The number of hydrogen-bond acceptors (Lipinski definition) is 4. The maximum atomic E-state index is 13.0. The van der Waals surface area contributed by atoms with Crippen LogP contribution in [0.1, 0.15) is 35.2 Å². The molecule has 0 aliphatic carbocycles. The Kier molecular flexibility index (Phi) is 4.70. The summed E-state index contributed by atoms with van der Waals surface area (Å²) in [6.07, 6.45) is 4.45. The Bertz CT molecular complexity index is 835. The molecule has 4 rings (SSSR count). The topological polar surface area (TPSA) is 87.5 Å². The van der Waals surface area contributed by atoms with E-state index in [1.54, 1.807) is 22.0 Å². The van der Waals surface area contributed by atoms with Crippen LogP contribution in [0.5, 0.6) is 0 Å². The second-order valence-corrected chi connectivity index (χ2v) is 7.46. The highest BCUT2D eigenvalue weighted by molar-refractivity contribution is 5.94. The summed E-state index contributed by atoms with van der Waals surface area (Å²) in [5.74, 6) is -0.280. The van der Waals surface area contributed by atoms with Crippen molar-refractivity contribution in [3.63, 3.8) is 0 Å². The molecule has 2 aromatic rings. The summed E-state index contributed by atoms with van der Waals surface area (Å²) in [7, 11) is 0. The van der Waals surface area contributed by atoms with Gasteiger partial charge in [-0.25, -0.2) is 0 Å². The zero-order valence-electron chi connectivity index (χ0n) is 15.2. The zero-order valence-corrected chi connectivity index (χ0v) is 15.2. The van der Waals surface area contributed by atoms with E-state index < -0.39 is 11.5 Å². The van der Waals surface area contributed by atoms with Crippen LogP contribution in [0.25, 0.3) is 0 Å². The Hall–Kier alpha value is -2.67. The number of nitrogens with one attached hydrogen (secondary N) is 1. The number of aliphatic hydroxyl groups excluding tert-OH is 1. The van der Waals surface area contributed by atoms with E-state index >= 15 is 0 Å². The number of hydrogen-bond donors (Lipinski definition) is 2. The maximum Gasteiger partial charge on any atom is 0.257 e. The van der Waals surface area contributed by atoms with Crippen LogP contribution in [-0.2, 0) is 11.3 Å². The molecule has 1 spiro atoms.